The first-order valence-corrected chi connectivity index (χ1v) is 8.25. The van der Waals surface area contributed by atoms with Gasteiger partial charge in [0.25, 0.3) is 15.4 Å². The van der Waals surface area contributed by atoms with Gasteiger partial charge in [-0.15, -0.1) is 0 Å². The van der Waals surface area contributed by atoms with Crippen molar-refractivity contribution < 1.29 is 32.8 Å². The van der Waals surface area contributed by atoms with Crippen molar-refractivity contribution in [3.63, 3.8) is 0 Å². The third-order valence-corrected chi connectivity index (χ3v) is 4.24. The van der Waals surface area contributed by atoms with E-state index in [0.717, 1.165) is 12.1 Å². The number of phenolic OH excluding ortho intramolecular Hbond substituents is 1. The fourth-order valence-electron chi connectivity index (χ4n) is 1.25. The van der Waals surface area contributed by atoms with Crippen molar-refractivity contribution in [2.75, 3.05) is 11.1 Å². The van der Waals surface area contributed by atoms with Crippen molar-refractivity contribution in [3.8, 4) is 5.75 Å². The summed E-state index contributed by atoms with van der Waals surface area (Å²) >= 11 is 6.15. The molecule has 1 amide bonds. The summed E-state index contributed by atoms with van der Waals surface area (Å²) < 4.78 is 31.1. The lowest BCUT2D eigenvalue weighted by Gasteiger charge is -2.11. The fourth-order valence-corrected chi connectivity index (χ4v) is 2.82. The van der Waals surface area contributed by atoms with E-state index in [9.17, 15) is 23.1 Å². The Balaban J connectivity index is 2.93. The molecular weight excluding hydrogens is 360 g/mol. The number of anilines is 1. The highest BCUT2D eigenvalue weighted by Crippen LogP contribution is 2.35. The Morgan fingerprint density at radius 2 is 2.00 bits per heavy atom. The first kappa shape index (κ1) is 18.5. The van der Waals surface area contributed by atoms with Gasteiger partial charge in [0.15, 0.2) is 5.75 Å². The molecule has 0 radical (unpaired) electrons. The zero-order chi connectivity index (χ0) is 17.1. The van der Waals surface area contributed by atoms with E-state index in [0.29, 0.717) is 11.8 Å². The molecule has 1 aromatic carbocycles. The van der Waals surface area contributed by atoms with Gasteiger partial charge in [-0.05, 0) is 12.1 Å². The van der Waals surface area contributed by atoms with Gasteiger partial charge in [-0.1, -0.05) is 23.4 Å². The summed E-state index contributed by atoms with van der Waals surface area (Å²) in [4.78, 5) is 21.2. The number of nitrogens with two attached hydrogens (primary N) is 1. The quantitative estimate of drug-likeness (QED) is 0.374. The van der Waals surface area contributed by atoms with Crippen LogP contribution in [-0.4, -0.2) is 46.2 Å². The van der Waals surface area contributed by atoms with Crippen LogP contribution in [0.1, 0.15) is 0 Å². The third-order valence-electron chi connectivity index (χ3n) is 2.27. The predicted molar refractivity (Wildman–Crippen MR) is 80.0 cm³/mol. The third kappa shape index (κ3) is 5.03. The molecule has 1 aromatic rings. The standard InChI is InChI=1S/C10H11ClN2O7S2/c11-4-1-6(8(14)7(2-4)22(18,19)20)13-10(17)21-3-5(12)9(15)16/h1-2,5,14H,3,12H2,(H,13,17)(H,15,16)(H,18,19,20). The highest BCUT2D eigenvalue weighted by Gasteiger charge is 2.21. The number of aromatic hydroxyl groups is 1. The zero-order valence-corrected chi connectivity index (χ0v) is 13.1. The lowest BCUT2D eigenvalue weighted by molar-refractivity contribution is -0.137. The first-order valence-electron chi connectivity index (χ1n) is 5.44. The first-order chi connectivity index (χ1) is 10.0. The Morgan fingerprint density at radius 3 is 2.50 bits per heavy atom. The van der Waals surface area contributed by atoms with Gasteiger partial charge in [0.1, 0.15) is 10.9 Å². The maximum atomic E-state index is 11.6. The monoisotopic (exact) mass is 370 g/mol. The van der Waals surface area contributed by atoms with E-state index in [1.807, 2.05) is 0 Å². The molecule has 122 valence electrons. The van der Waals surface area contributed by atoms with Crippen LogP contribution in [0.5, 0.6) is 5.75 Å². The molecule has 0 spiro atoms. The molecule has 6 N–H and O–H groups in total. The van der Waals surface area contributed by atoms with Crippen molar-refractivity contribution in [3.05, 3.63) is 17.2 Å². The normalized spacial score (nSPS) is 12.7. The molecule has 0 aromatic heterocycles. The molecule has 0 saturated heterocycles. The lowest BCUT2D eigenvalue weighted by atomic mass is 10.3. The molecule has 12 heteroatoms. The minimum atomic E-state index is -4.74. The second-order valence-corrected chi connectivity index (χ2v) is 6.76. The second kappa shape index (κ2) is 7.15. The van der Waals surface area contributed by atoms with Crippen LogP contribution in [0.25, 0.3) is 0 Å². The van der Waals surface area contributed by atoms with Gasteiger partial charge < -0.3 is 21.3 Å². The Hall–Kier alpha value is -1.53. The number of amides is 1. The summed E-state index contributed by atoms with van der Waals surface area (Å²) in [6, 6.07) is 0.591. The number of carbonyl (C=O) groups excluding carboxylic acids is 1. The van der Waals surface area contributed by atoms with Crippen molar-refractivity contribution in [1.29, 1.82) is 0 Å². The molecule has 0 heterocycles. The van der Waals surface area contributed by atoms with E-state index in [2.05, 4.69) is 5.32 Å². The topological polar surface area (TPSA) is 167 Å². The number of hydrogen-bond acceptors (Lipinski definition) is 7. The molecule has 9 nitrogen and oxygen atoms in total. The van der Waals surface area contributed by atoms with E-state index in [-0.39, 0.29) is 16.5 Å². The largest absolute Gasteiger partial charge is 0.504 e. The van der Waals surface area contributed by atoms with Crippen LogP contribution in [0.15, 0.2) is 17.0 Å². The number of aliphatic carboxylic acids is 1. The van der Waals surface area contributed by atoms with Crippen LogP contribution in [0.3, 0.4) is 0 Å². The molecule has 0 aliphatic heterocycles. The van der Waals surface area contributed by atoms with Crippen LogP contribution in [0.4, 0.5) is 10.5 Å². The highest BCUT2D eigenvalue weighted by atomic mass is 35.5. The van der Waals surface area contributed by atoms with Crippen LogP contribution in [0, 0.1) is 0 Å². The molecule has 22 heavy (non-hydrogen) atoms. The molecule has 0 aliphatic carbocycles. The number of hydrogen-bond donors (Lipinski definition) is 5. The maximum absolute atomic E-state index is 11.6. The smallest absolute Gasteiger partial charge is 0.321 e. The number of halogens is 1. The van der Waals surface area contributed by atoms with E-state index in [1.54, 1.807) is 0 Å². The van der Waals surface area contributed by atoms with Crippen molar-refractivity contribution in [1.82, 2.24) is 0 Å². The number of phenols is 1. The number of nitrogens with one attached hydrogen (secondary N) is 1. The van der Waals surface area contributed by atoms with E-state index < -0.39 is 38.0 Å². The minimum absolute atomic E-state index is 0.159. The van der Waals surface area contributed by atoms with Gasteiger partial charge in [0.2, 0.25) is 0 Å². The molecule has 1 rings (SSSR count). The average Bonchev–Trinajstić information content (AvgIpc) is 2.38. The predicted octanol–water partition coefficient (Wildman–Crippen LogP) is 0.969. The van der Waals surface area contributed by atoms with Crippen molar-refractivity contribution in [2.24, 2.45) is 5.73 Å². The Bertz CT molecular complexity index is 707. The van der Waals surface area contributed by atoms with Crippen LogP contribution in [0.2, 0.25) is 5.02 Å². The number of thioether (sulfide) groups is 1. The molecular formula is C10H11ClN2O7S2. The van der Waals surface area contributed by atoms with Gasteiger partial charge >= 0.3 is 5.97 Å². The summed E-state index contributed by atoms with van der Waals surface area (Å²) in [5.74, 6) is -2.43. The van der Waals surface area contributed by atoms with Crippen molar-refractivity contribution >= 4 is 50.4 Å². The summed E-state index contributed by atoms with van der Waals surface area (Å²) in [5.41, 5.74) is 4.85. The summed E-state index contributed by atoms with van der Waals surface area (Å²) in [7, 11) is -4.74. The Morgan fingerprint density at radius 1 is 1.41 bits per heavy atom. The Labute approximate surface area is 134 Å². The molecule has 1 unspecified atom stereocenters. The minimum Gasteiger partial charge on any atom is -0.504 e. The molecule has 0 aliphatic rings. The van der Waals surface area contributed by atoms with E-state index in [4.69, 9.17) is 27.0 Å². The van der Waals surface area contributed by atoms with E-state index in [1.165, 1.54) is 0 Å². The fraction of sp³-hybridized carbons (Fsp3) is 0.200. The molecule has 0 saturated carbocycles. The number of carbonyl (C=O) groups is 2. The number of rotatable bonds is 5. The van der Waals surface area contributed by atoms with Gasteiger partial charge in [-0.3, -0.25) is 14.1 Å². The lowest BCUT2D eigenvalue weighted by Crippen LogP contribution is -2.33. The molecule has 0 bridgehead atoms. The maximum Gasteiger partial charge on any atom is 0.321 e. The SMILES string of the molecule is NC(CSC(=O)Nc1cc(Cl)cc(S(=O)(=O)O)c1O)C(=O)O. The van der Waals surface area contributed by atoms with Crippen LogP contribution < -0.4 is 11.1 Å². The van der Waals surface area contributed by atoms with Crippen LogP contribution >= 0.6 is 23.4 Å². The number of carboxylic acid groups (broad SMARTS) is 1. The van der Waals surface area contributed by atoms with E-state index >= 15 is 0 Å². The van der Waals surface area contributed by atoms with Gasteiger partial charge in [-0.25, -0.2) is 0 Å². The van der Waals surface area contributed by atoms with Gasteiger partial charge in [0, 0.05) is 10.8 Å². The molecule has 1 atom stereocenters. The van der Waals surface area contributed by atoms with Gasteiger partial charge in [-0.2, -0.15) is 8.42 Å². The summed E-state index contributed by atoms with van der Waals surface area (Å²) in [5, 5.41) is 19.5. The Kier molecular flexibility index (Phi) is 6.02. The second-order valence-electron chi connectivity index (χ2n) is 3.94. The van der Waals surface area contributed by atoms with Crippen molar-refractivity contribution in [2.45, 2.75) is 10.9 Å². The highest BCUT2D eigenvalue weighted by molar-refractivity contribution is 8.13. The summed E-state index contributed by atoms with van der Waals surface area (Å²) in [6.45, 7) is 0. The van der Waals surface area contributed by atoms with Gasteiger partial charge in [0.05, 0.1) is 5.69 Å². The van der Waals surface area contributed by atoms with Crippen LogP contribution in [-0.2, 0) is 14.9 Å². The number of carboxylic acids is 1. The summed E-state index contributed by atoms with van der Waals surface area (Å²) in [6.07, 6.45) is 0. The number of benzene rings is 1. The zero-order valence-electron chi connectivity index (χ0n) is 10.7. The molecule has 0 fully saturated rings. The average molecular weight is 371 g/mol.